The van der Waals surface area contributed by atoms with Crippen LogP contribution in [-0.2, 0) is 17.8 Å². The number of para-hydroxylation sites is 1. The van der Waals surface area contributed by atoms with E-state index in [-0.39, 0.29) is 25.4 Å². The first-order valence-electron chi connectivity index (χ1n) is 8.66. The van der Waals surface area contributed by atoms with E-state index in [1.807, 2.05) is 12.1 Å². The zero-order chi connectivity index (χ0) is 20.5. The molecule has 0 heterocycles. The Hall–Kier alpha value is -3.55. The number of nitrogens with one attached hydrogen (secondary N) is 2. The summed E-state index contributed by atoms with van der Waals surface area (Å²) in [6, 6.07) is 13.1. The molecule has 0 aliphatic carbocycles. The third-order valence-electron chi connectivity index (χ3n) is 4.20. The smallest absolute Gasteiger partial charge is 0.312 e. The number of rotatable bonds is 9. The molecule has 5 N–H and O–H groups in total. The van der Waals surface area contributed by atoms with Gasteiger partial charge in [0, 0.05) is 18.7 Å². The number of nitrogens with two attached hydrogens (primary N) is 1. The Balaban J connectivity index is 1.96. The van der Waals surface area contributed by atoms with Crippen molar-refractivity contribution in [1.29, 1.82) is 0 Å². The van der Waals surface area contributed by atoms with Crippen LogP contribution in [0.2, 0.25) is 0 Å². The van der Waals surface area contributed by atoms with Crippen molar-refractivity contribution in [2.24, 2.45) is 11.7 Å². The number of hydrogen-bond donors (Lipinski definition) is 4. The molecule has 0 aliphatic rings. The normalized spacial score (nSPS) is 11.3. The van der Waals surface area contributed by atoms with Crippen molar-refractivity contribution in [3.05, 3.63) is 65.2 Å². The fraction of sp³-hybridized carbons (Fsp3) is 0.250. The molecule has 1 unspecified atom stereocenters. The van der Waals surface area contributed by atoms with E-state index in [0.717, 1.165) is 11.1 Å². The second-order valence-electron chi connectivity index (χ2n) is 6.18. The van der Waals surface area contributed by atoms with E-state index >= 15 is 0 Å². The van der Waals surface area contributed by atoms with Gasteiger partial charge in [0.15, 0.2) is 0 Å². The molecule has 0 aromatic heterocycles. The molecule has 28 heavy (non-hydrogen) atoms. The van der Waals surface area contributed by atoms with Gasteiger partial charge >= 0.3 is 12.0 Å². The minimum Gasteiger partial charge on any atom is -0.496 e. The number of carboxylic acids is 1. The van der Waals surface area contributed by atoms with E-state index in [0.29, 0.717) is 11.3 Å². The quantitative estimate of drug-likeness (QED) is 0.520. The molecule has 0 aliphatic heterocycles. The summed E-state index contributed by atoms with van der Waals surface area (Å²) in [5.41, 5.74) is 6.96. The number of benzene rings is 2. The zero-order valence-electron chi connectivity index (χ0n) is 15.5. The average Bonchev–Trinajstić information content (AvgIpc) is 2.69. The molecule has 3 amide bonds. The highest BCUT2D eigenvalue weighted by molar-refractivity contribution is 5.94. The van der Waals surface area contributed by atoms with Gasteiger partial charge in [0.2, 0.25) is 0 Å². The van der Waals surface area contributed by atoms with Gasteiger partial charge in [-0.05, 0) is 35.7 Å². The van der Waals surface area contributed by atoms with E-state index in [9.17, 15) is 19.5 Å². The first-order chi connectivity index (χ1) is 13.4. The molecule has 0 bridgehead atoms. The van der Waals surface area contributed by atoms with Crippen LogP contribution < -0.4 is 21.1 Å². The summed E-state index contributed by atoms with van der Waals surface area (Å²) < 4.78 is 5.25. The lowest BCUT2D eigenvalue weighted by Crippen LogP contribution is -2.34. The molecule has 1 atom stereocenters. The SMILES string of the molecule is COc1ccccc1CC(CNC(=O)c1ccc(CNC(N)=O)cc1)C(=O)O. The molecule has 8 nitrogen and oxygen atoms in total. The Morgan fingerprint density at radius 1 is 1.07 bits per heavy atom. The van der Waals surface area contributed by atoms with Gasteiger partial charge in [-0.15, -0.1) is 0 Å². The van der Waals surface area contributed by atoms with Gasteiger partial charge in [0.1, 0.15) is 5.75 Å². The molecular formula is C20H23N3O5. The van der Waals surface area contributed by atoms with Crippen LogP contribution in [-0.4, -0.2) is 36.7 Å². The maximum Gasteiger partial charge on any atom is 0.312 e. The number of primary amides is 1. The van der Waals surface area contributed by atoms with Crippen LogP contribution >= 0.6 is 0 Å². The second kappa shape index (κ2) is 9.96. The molecule has 0 fully saturated rings. The van der Waals surface area contributed by atoms with Crippen LogP contribution in [0, 0.1) is 5.92 Å². The average molecular weight is 385 g/mol. The summed E-state index contributed by atoms with van der Waals surface area (Å²) in [6.45, 7) is 0.244. The van der Waals surface area contributed by atoms with E-state index in [4.69, 9.17) is 10.5 Å². The van der Waals surface area contributed by atoms with Crippen LogP contribution in [0.15, 0.2) is 48.5 Å². The van der Waals surface area contributed by atoms with Gasteiger partial charge in [0.05, 0.1) is 13.0 Å². The van der Waals surface area contributed by atoms with Gasteiger partial charge in [-0.3, -0.25) is 9.59 Å². The van der Waals surface area contributed by atoms with Crippen LogP contribution in [0.5, 0.6) is 5.75 Å². The molecule has 0 spiro atoms. The standard InChI is InChI=1S/C20H23N3O5/c1-28-17-5-3-2-4-15(17)10-16(19(25)26)12-22-18(24)14-8-6-13(7-9-14)11-23-20(21)27/h2-9,16H,10-12H2,1H3,(H,22,24)(H,25,26)(H3,21,23,27). The number of carbonyl (C=O) groups excluding carboxylic acids is 2. The summed E-state index contributed by atoms with van der Waals surface area (Å²) >= 11 is 0. The lowest BCUT2D eigenvalue weighted by atomic mass is 9.98. The van der Waals surface area contributed by atoms with Gasteiger partial charge in [0.25, 0.3) is 5.91 Å². The summed E-state index contributed by atoms with van der Waals surface area (Å²) in [7, 11) is 1.53. The molecule has 2 aromatic rings. The number of carboxylic acid groups (broad SMARTS) is 1. The molecule has 148 valence electrons. The van der Waals surface area contributed by atoms with Crippen LogP contribution in [0.3, 0.4) is 0 Å². The van der Waals surface area contributed by atoms with Crippen molar-refractivity contribution in [2.45, 2.75) is 13.0 Å². The molecule has 0 saturated heterocycles. The van der Waals surface area contributed by atoms with E-state index in [1.54, 1.807) is 36.4 Å². The molecule has 2 rings (SSSR count). The predicted octanol–water partition coefficient (Wildman–Crippen LogP) is 1.54. The van der Waals surface area contributed by atoms with Crippen molar-refractivity contribution in [1.82, 2.24) is 10.6 Å². The number of aliphatic carboxylic acids is 1. The van der Waals surface area contributed by atoms with Crippen molar-refractivity contribution >= 4 is 17.9 Å². The van der Waals surface area contributed by atoms with Gasteiger partial charge in [-0.1, -0.05) is 30.3 Å². The number of urea groups is 1. The maximum absolute atomic E-state index is 12.3. The largest absolute Gasteiger partial charge is 0.496 e. The van der Waals surface area contributed by atoms with Crippen LogP contribution in [0.1, 0.15) is 21.5 Å². The van der Waals surface area contributed by atoms with Crippen molar-refractivity contribution < 1.29 is 24.2 Å². The highest BCUT2D eigenvalue weighted by atomic mass is 16.5. The monoisotopic (exact) mass is 385 g/mol. The molecule has 8 heteroatoms. The summed E-state index contributed by atoms with van der Waals surface area (Å²) in [5.74, 6) is -1.56. The number of hydrogen-bond acceptors (Lipinski definition) is 4. The Morgan fingerprint density at radius 2 is 1.75 bits per heavy atom. The maximum atomic E-state index is 12.3. The highest BCUT2D eigenvalue weighted by Gasteiger charge is 2.21. The van der Waals surface area contributed by atoms with Crippen LogP contribution in [0.4, 0.5) is 4.79 Å². The van der Waals surface area contributed by atoms with E-state index < -0.39 is 17.9 Å². The lowest BCUT2D eigenvalue weighted by molar-refractivity contribution is -0.141. The fourth-order valence-corrected chi connectivity index (χ4v) is 2.66. The van der Waals surface area contributed by atoms with E-state index in [2.05, 4.69) is 10.6 Å². The topological polar surface area (TPSA) is 131 Å². The molecule has 0 radical (unpaired) electrons. The van der Waals surface area contributed by atoms with Crippen molar-refractivity contribution in [2.75, 3.05) is 13.7 Å². The third-order valence-corrected chi connectivity index (χ3v) is 4.20. The zero-order valence-corrected chi connectivity index (χ0v) is 15.5. The first-order valence-corrected chi connectivity index (χ1v) is 8.66. The fourth-order valence-electron chi connectivity index (χ4n) is 2.66. The number of carbonyl (C=O) groups is 3. The first kappa shape index (κ1) is 20.8. The summed E-state index contributed by atoms with van der Waals surface area (Å²) in [5, 5.41) is 14.6. The number of amides is 3. The van der Waals surface area contributed by atoms with Gasteiger partial charge in [-0.2, -0.15) is 0 Å². The summed E-state index contributed by atoms with van der Waals surface area (Å²) in [6.07, 6.45) is 0.233. The van der Waals surface area contributed by atoms with E-state index in [1.165, 1.54) is 7.11 Å². The third kappa shape index (κ3) is 6.01. The Kier molecular flexibility index (Phi) is 7.38. The van der Waals surface area contributed by atoms with Crippen molar-refractivity contribution in [3.8, 4) is 5.75 Å². The predicted molar refractivity (Wildman–Crippen MR) is 103 cm³/mol. The minimum absolute atomic E-state index is 0.0167. The van der Waals surface area contributed by atoms with Gasteiger partial charge in [-0.25, -0.2) is 4.79 Å². The molecular weight excluding hydrogens is 362 g/mol. The van der Waals surface area contributed by atoms with Gasteiger partial charge < -0.3 is 26.2 Å². The van der Waals surface area contributed by atoms with Crippen LogP contribution in [0.25, 0.3) is 0 Å². The Labute approximate surface area is 162 Å². The number of methoxy groups -OCH3 is 1. The molecule has 2 aromatic carbocycles. The highest BCUT2D eigenvalue weighted by Crippen LogP contribution is 2.21. The minimum atomic E-state index is -1.00. The lowest BCUT2D eigenvalue weighted by Gasteiger charge is -2.15. The second-order valence-corrected chi connectivity index (χ2v) is 6.18. The molecule has 0 saturated carbocycles. The van der Waals surface area contributed by atoms with Crippen molar-refractivity contribution in [3.63, 3.8) is 0 Å². The number of ether oxygens (including phenoxy) is 1. The summed E-state index contributed by atoms with van der Waals surface area (Å²) in [4.78, 5) is 34.6. The Bertz CT molecular complexity index is 836. The Morgan fingerprint density at radius 3 is 2.36 bits per heavy atom.